The summed E-state index contributed by atoms with van der Waals surface area (Å²) in [5, 5.41) is 0. The van der Waals surface area contributed by atoms with Crippen LogP contribution >= 0.6 is 0 Å². The molecule has 2 aromatic rings. The van der Waals surface area contributed by atoms with Crippen LogP contribution < -0.4 is 4.90 Å². The number of hydrogen-bond donors (Lipinski definition) is 0. The molecule has 2 nitrogen and oxygen atoms in total. The van der Waals surface area contributed by atoms with Gasteiger partial charge in [-0.2, -0.15) is 0 Å². The lowest BCUT2D eigenvalue weighted by Crippen LogP contribution is -2.34. The Bertz CT molecular complexity index is 641. The molecule has 0 aromatic heterocycles. The summed E-state index contributed by atoms with van der Waals surface area (Å²) in [6.07, 6.45) is 2.51. The van der Waals surface area contributed by atoms with Crippen molar-refractivity contribution >= 4 is 5.69 Å². The van der Waals surface area contributed by atoms with Crippen molar-refractivity contribution in [3.63, 3.8) is 0 Å². The van der Waals surface area contributed by atoms with E-state index in [0.29, 0.717) is 5.54 Å². The molecule has 1 saturated carbocycles. The summed E-state index contributed by atoms with van der Waals surface area (Å²) in [7, 11) is 0. The van der Waals surface area contributed by atoms with Crippen molar-refractivity contribution in [3.05, 3.63) is 66.2 Å². The first-order valence-corrected chi connectivity index (χ1v) is 8.74. The quantitative estimate of drug-likeness (QED) is 0.728. The van der Waals surface area contributed by atoms with Crippen LogP contribution in [0.3, 0.4) is 0 Å². The Balaban J connectivity index is 1.30. The average molecular weight is 307 g/mol. The first kappa shape index (κ1) is 14.8. The molecule has 0 bridgehead atoms. The van der Waals surface area contributed by atoms with E-state index >= 15 is 0 Å². The molecule has 0 N–H and O–H groups in total. The topological polar surface area (TPSA) is 12.5 Å². The predicted octanol–water partition coefficient (Wildman–Crippen LogP) is 4.51. The molecule has 0 unspecified atom stereocenters. The van der Waals surface area contributed by atoms with Crippen LogP contribution in [-0.4, -0.2) is 18.7 Å². The van der Waals surface area contributed by atoms with E-state index in [2.05, 4.69) is 66.4 Å². The third-order valence-corrected chi connectivity index (χ3v) is 5.88. The van der Waals surface area contributed by atoms with Crippen molar-refractivity contribution in [1.29, 1.82) is 0 Å². The number of rotatable bonds is 6. The van der Waals surface area contributed by atoms with Crippen LogP contribution in [0.4, 0.5) is 5.69 Å². The zero-order chi connectivity index (χ0) is 15.7. The molecule has 0 radical (unpaired) electrons. The van der Waals surface area contributed by atoms with E-state index < -0.39 is 0 Å². The number of nitrogens with zero attached hydrogens (tertiary/aromatic N) is 1. The molecule has 2 aromatic carbocycles. The second-order valence-corrected chi connectivity index (χ2v) is 7.04. The Kier molecular flexibility index (Phi) is 3.86. The summed E-state index contributed by atoms with van der Waals surface area (Å²) in [5.74, 6) is 1.63. The monoisotopic (exact) mass is 307 g/mol. The van der Waals surface area contributed by atoms with Gasteiger partial charge in [-0.25, -0.2) is 0 Å². The lowest BCUT2D eigenvalue weighted by atomic mass is 10.1. The van der Waals surface area contributed by atoms with Crippen LogP contribution in [0, 0.1) is 11.8 Å². The zero-order valence-corrected chi connectivity index (χ0v) is 13.8. The fourth-order valence-corrected chi connectivity index (χ4v) is 4.57. The smallest absolute Gasteiger partial charge is 0.0716 e. The molecule has 4 rings (SSSR count). The maximum absolute atomic E-state index is 5.90. The highest BCUT2D eigenvalue weighted by atomic mass is 16.5. The van der Waals surface area contributed by atoms with E-state index in [1.807, 2.05) is 6.07 Å². The normalized spacial score (nSPS) is 28.7. The minimum atomic E-state index is 0.359. The number of fused-ring (bicyclic) bond motifs is 1. The lowest BCUT2D eigenvalue weighted by molar-refractivity contribution is 0.112. The molecule has 120 valence electrons. The number of benzene rings is 2. The van der Waals surface area contributed by atoms with E-state index in [9.17, 15) is 0 Å². The molecular weight excluding hydrogens is 282 g/mol. The maximum Gasteiger partial charge on any atom is 0.0716 e. The Morgan fingerprint density at radius 2 is 1.74 bits per heavy atom. The largest absolute Gasteiger partial charge is 0.377 e. The molecule has 2 fully saturated rings. The van der Waals surface area contributed by atoms with Gasteiger partial charge < -0.3 is 9.64 Å². The van der Waals surface area contributed by atoms with E-state index in [-0.39, 0.29) is 0 Å². The van der Waals surface area contributed by atoms with Crippen molar-refractivity contribution in [1.82, 2.24) is 0 Å². The van der Waals surface area contributed by atoms with E-state index in [1.54, 1.807) is 0 Å². The fourth-order valence-electron chi connectivity index (χ4n) is 4.57. The SMILES string of the molecule is C[C@@]12[C@@H](CCOCc3ccccc3)[C@@H]1CCN2c1ccccc1. The fraction of sp³-hybridized carbons (Fsp3) is 0.429. The van der Waals surface area contributed by atoms with Crippen molar-refractivity contribution < 1.29 is 4.74 Å². The van der Waals surface area contributed by atoms with Crippen molar-refractivity contribution in [2.75, 3.05) is 18.1 Å². The van der Waals surface area contributed by atoms with Crippen LogP contribution in [0.2, 0.25) is 0 Å². The first-order chi connectivity index (χ1) is 11.3. The van der Waals surface area contributed by atoms with Gasteiger partial charge in [0, 0.05) is 24.4 Å². The van der Waals surface area contributed by atoms with Gasteiger partial charge in [-0.1, -0.05) is 48.5 Å². The number of para-hydroxylation sites is 1. The summed E-state index contributed by atoms with van der Waals surface area (Å²) in [5.41, 5.74) is 3.00. The number of hydrogen-bond acceptors (Lipinski definition) is 2. The Morgan fingerprint density at radius 3 is 2.48 bits per heavy atom. The summed E-state index contributed by atoms with van der Waals surface area (Å²) < 4.78 is 5.90. The lowest BCUT2D eigenvalue weighted by Gasteiger charge is -2.29. The molecule has 0 amide bonds. The molecule has 1 heterocycles. The van der Waals surface area contributed by atoms with Gasteiger partial charge in [-0.05, 0) is 49.3 Å². The van der Waals surface area contributed by atoms with E-state index in [1.165, 1.54) is 30.6 Å². The highest BCUT2D eigenvalue weighted by Crippen LogP contribution is 2.63. The minimum absolute atomic E-state index is 0.359. The predicted molar refractivity (Wildman–Crippen MR) is 94.5 cm³/mol. The van der Waals surface area contributed by atoms with Gasteiger partial charge in [-0.15, -0.1) is 0 Å². The van der Waals surface area contributed by atoms with Crippen LogP contribution in [0.15, 0.2) is 60.7 Å². The van der Waals surface area contributed by atoms with Gasteiger partial charge in [0.2, 0.25) is 0 Å². The molecule has 1 saturated heterocycles. The van der Waals surface area contributed by atoms with Crippen LogP contribution in [0.5, 0.6) is 0 Å². The maximum atomic E-state index is 5.90. The Hall–Kier alpha value is -1.80. The summed E-state index contributed by atoms with van der Waals surface area (Å²) in [4.78, 5) is 2.62. The number of piperidine rings is 1. The highest BCUT2D eigenvalue weighted by Gasteiger charge is 2.66. The van der Waals surface area contributed by atoms with Crippen molar-refractivity contribution in [3.8, 4) is 0 Å². The van der Waals surface area contributed by atoms with Gasteiger partial charge in [0.15, 0.2) is 0 Å². The van der Waals surface area contributed by atoms with Gasteiger partial charge in [0.25, 0.3) is 0 Å². The highest BCUT2D eigenvalue weighted by molar-refractivity contribution is 5.54. The second kappa shape index (κ2) is 6.01. The molecule has 0 spiro atoms. The summed E-state index contributed by atoms with van der Waals surface area (Å²) >= 11 is 0. The Morgan fingerprint density at radius 1 is 1.04 bits per heavy atom. The molecule has 1 aliphatic heterocycles. The van der Waals surface area contributed by atoms with Gasteiger partial charge in [0.1, 0.15) is 0 Å². The van der Waals surface area contributed by atoms with Crippen LogP contribution in [0.25, 0.3) is 0 Å². The standard InChI is InChI=1S/C21H25NO/c1-21-19(12-14-22(21)18-10-6-3-7-11-18)20(21)13-15-23-16-17-8-4-2-5-9-17/h2-11,19-20H,12-16H2,1H3/t19-,20-,21-/m0/s1. The molecule has 3 atom stereocenters. The third-order valence-electron chi connectivity index (χ3n) is 5.88. The average Bonchev–Trinajstić information content (AvgIpc) is 3.00. The van der Waals surface area contributed by atoms with Gasteiger partial charge in [-0.3, -0.25) is 0 Å². The van der Waals surface area contributed by atoms with Crippen LogP contribution in [0.1, 0.15) is 25.3 Å². The second-order valence-electron chi connectivity index (χ2n) is 7.04. The summed E-state index contributed by atoms with van der Waals surface area (Å²) in [6, 6.07) is 21.3. The van der Waals surface area contributed by atoms with Crippen molar-refractivity contribution in [2.24, 2.45) is 11.8 Å². The minimum Gasteiger partial charge on any atom is -0.377 e. The van der Waals surface area contributed by atoms with Crippen molar-refractivity contribution in [2.45, 2.75) is 31.9 Å². The number of anilines is 1. The van der Waals surface area contributed by atoms with Gasteiger partial charge in [0.05, 0.1) is 6.61 Å². The molecule has 2 heteroatoms. The number of ether oxygens (including phenoxy) is 1. The Labute approximate surface area is 139 Å². The zero-order valence-electron chi connectivity index (χ0n) is 13.8. The van der Waals surface area contributed by atoms with E-state index in [4.69, 9.17) is 4.74 Å². The molecule has 2 aliphatic rings. The molecular formula is C21H25NO. The van der Waals surface area contributed by atoms with Gasteiger partial charge >= 0.3 is 0 Å². The third kappa shape index (κ3) is 2.66. The summed E-state index contributed by atoms with van der Waals surface area (Å²) in [6.45, 7) is 5.25. The molecule has 1 aliphatic carbocycles. The first-order valence-electron chi connectivity index (χ1n) is 8.74. The van der Waals surface area contributed by atoms with E-state index in [0.717, 1.165) is 25.0 Å². The van der Waals surface area contributed by atoms with Crippen LogP contribution in [-0.2, 0) is 11.3 Å². The molecule has 23 heavy (non-hydrogen) atoms.